The molecule has 126 valence electrons. The highest BCUT2D eigenvalue weighted by molar-refractivity contribution is 7.17. The van der Waals surface area contributed by atoms with Crippen LogP contribution < -0.4 is 10.6 Å². The van der Waals surface area contributed by atoms with Gasteiger partial charge in [0, 0.05) is 12.1 Å². The summed E-state index contributed by atoms with van der Waals surface area (Å²) in [5.41, 5.74) is -0.180. The molecule has 0 spiro atoms. The number of fused-ring (bicyclic) bond motifs is 1. The van der Waals surface area contributed by atoms with Gasteiger partial charge in [0.2, 0.25) is 0 Å². The zero-order valence-corrected chi connectivity index (χ0v) is 13.1. The fourth-order valence-corrected chi connectivity index (χ4v) is 3.33. The van der Waals surface area contributed by atoms with Gasteiger partial charge in [0.1, 0.15) is 0 Å². The molecule has 9 heteroatoms. The molecule has 1 aliphatic rings. The Kier molecular flexibility index (Phi) is 4.27. The smallest absolute Gasteiger partial charge is 0.308 e. The average Bonchev–Trinajstić information content (AvgIpc) is 2.90. The van der Waals surface area contributed by atoms with E-state index in [9.17, 15) is 22.8 Å². The molecule has 2 N–H and O–H groups in total. The van der Waals surface area contributed by atoms with Crippen molar-refractivity contribution in [3.05, 3.63) is 40.4 Å². The quantitative estimate of drug-likeness (QED) is 0.842. The second-order valence-electron chi connectivity index (χ2n) is 5.23. The lowest BCUT2D eigenvalue weighted by Crippen LogP contribution is -2.19. The maximum absolute atomic E-state index is 12.7. The fourth-order valence-electron chi connectivity index (χ4n) is 2.36. The van der Waals surface area contributed by atoms with E-state index in [1.807, 2.05) is 0 Å². The van der Waals surface area contributed by atoms with Gasteiger partial charge in [-0.25, -0.2) is 9.78 Å². The maximum atomic E-state index is 12.7. The maximum Gasteiger partial charge on any atom is 0.416 e. The van der Waals surface area contributed by atoms with Gasteiger partial charge in [-0.3, -0.25) is 10.1 Å². The molecular formula is C15H12F3N3O2S. The lowest BCUT2D eigenvalue weighted by atomic mass is 10.0. The van der Waals surface area contributed by atoms with E-state index in [4.69, 9.17) is 0 Å². The Bertz CT molecular complexity index is 802. The number of nitrogens with zero attached hydrogens (tertiary/aromatic N) is 1. The number of nitrogens with one attached hydrogen (secondary N) is 2. The summed E-state index contributed by atoms with van der Waals surface area (Å²) >= 11 is 1.08. The largest absolute Gasteiger partial charge is 0.416 e. The van der Waals surface area contributed by atoms with Gasteiger partial charge in [-0.15, -0.1) is 0 Å². The van der Waals surface area contributed by atoms with Crippen LogP contribution >= 0.6 is 11.3 Å². The second kappa shape index (κ2) is 6.23. The third-order valence-electron chi connectivity index (χ3n) is 3.44. The summed E-state index contributed by atoms with van der Waals surface area (Å²) in [4.78, 5) is 28.4. The molecule has 3 rings (SSSR count). The summed E-state index contributed by atoms with van der Waals surface area (Å²) < 4.78 is 38.0. The van der Waals surface area contributed by atoms with Gasteiger partial charge in [-0.1, -0.05) is 17.4 Å². The van der Waals surface area contributed by atoms with E-state index in [0.29, 0.717) is 23.4 Å². The summed E-state index contributed by atoms with van der Waals surface area (Å²) in [6.45, 7) is 0. The summed E-state index contributed by atoms with van der Waals surface area (Å²) in [5, 5.41) is 5.03. The van der Waals surface area contributed by atoms with E-state index >= 15 is 0 Å². The highest BCUT2D eigenvalue weighted by atomic mass is 32.1. The van der Waals surface area contributed by atoms with E-state index in [0.717, 1.165) is 29.9 Å². The predicted octanol–water partition coefficient (Wildman–Crippen LogP) is 4.32. The number of anilines is 2. The molecule has 1 aromatic carbocycles. The number of benzene rings is 1. The van der Waals surface area contributed by atoms with Crippen molar-refractivity contribution in [2.24, 2.45) is 0 Å². The van der Waals surface area contributed by atoms with Gasteiger partial charge in [0.15, 0.2) is 10.9 Å². The van der Waals surface area contributed by atoms with Crippen LogP contribution in [-0.2, 0) is 12.6 Å². The number of urea groups is 1. The number of hydrogen-bond acceptors (Lipinski definition) is 4. The number of aryl methyl sites for hydroxylation is 1. The van der Waals surface area contributed by atoms with Crippen LogP contribution in [-0.4, -0.2) is 16.8 Å². The number of amides is 2. The van der Waals surface area contributed by atoms with Crippen LogP contribution in [0.2, 0.25) is 0 Å². The third kappa shape index (κ3) is 3.56. The Morgan fingerprint density at radius 3 is 2.71 bits per heavy atom. The van der Waals surface area contributed by atoms with Crippen LogP contribution in [0, 0.1) is 0 Å². The fraction of sp³-hybridized carbons (Fsp3) is 0.267. The van der Waals surface area contributed by atoms with Crippen molar-refractivity contribution in [2.75, 3.05) is 10.6 Å². The number of rotatable bonds is 2. The number of Topliss-reactive ketones (excluding diaryl/α,β-unsaturated/α-hetero) is 1. The Morgan fingerprint density at radius 1 is 1.21 bits per heavy atom. The van der Waals surface area contributed by atoms with Gasteiger partial charge in [-0.2, -0.15) is 13.2 Å². The first kappa shape index (κ1) is 16.4. The predicted molar refractivity (Wildman–Crippen MR) is 83.5 cm³/mol. The van der Waals surface area contributed by atoms with Crippen LogP contribution in [0.3, 0.4) is 0 Å². The number of hydrogen-bond donors (Lipinski definition) is 2. The number of aromatic nitrogens is 1. The van der Waals surface area contributed by atoms with Crippen molar-refractivity contribution in [1.82, 2.24) is 4.98 Å². The van der Waals surface area contributed by atoms with Gasteiger partial charge >= 0.3 is 12.2 Å². The van der Waals surface area contributed by atoms with Crippen LogP contribution in [0.4, 0.5) is 28.8 Å². The van der Waals surface area contributed by atoms with Gasteiger partial charge < -0.3 is 5.32 Å². The average molecular weight is 355 g/mol. The molecule has 2 amide bonds. The summed E-state index contributed by atoms with van der Waals surface area (Å²) in [5.74, 6) is 0.0000801. The molecule has 0 saturated carbocycles. The van der Waals surface area contributed by atoms with Gasteiger partial charge in [-0.05, 0) is 31.0 Å². The minimum Gasteiger partial charge on any atom is -0.308 e. The molecule has 1 aromatic heterocycles. The normalized spacial score (nSPS) is 14.2. The molecule has 0 radical (unpaired) electrons. The molecule has 0 fully saturated rings. The van der Waals surface area contributed by atoms with E-state index < -0.39 is 17.8 Å². The minimum atomic E-state index is -4.48. The van der Waals surface area contributed by atoms with E-state index in [-0.39, 0.29) is 16.6 Å². The Hall–Kier alpha value is -2.42. The van der Waals surface area contributed by atoms with E-state index in [1.54, 1.807) is 0 Å². The Balaban J connectivity index is 1.69. The van der Waals surface area contributed by atoms with Crippen molar-refractivity contribution in [3.8, 4) is 0 Å². The zero-order valence-electron chi connectivity index (χ0n) is 12.2. The number of thiazole rings is 1. The van der Waals surface area contributed by atoms with Crippen LogP contribution in [0.5, 0.6) is 0 Å². The molecule has 0 atom stereocenters. The van der Waals surface area contributed by atoms with Crippen molar-refractivity contribution in [3.63, 3.8) is 0 Å². The summed E-state index contributed by atoms with van der Waals surface area (Å²) in [6.07, 6.45) is -2.62. The van der Waals surface area contributed by atoms with Crippen LogP contribution in [0.15, 0.2) is 24.3 Å². The van der Waals surface area contributed by atoms with E-state index in [1.165, 1.54) is 12.1 Å². The number of carbonyl (C=O) groups excluding carboxylic acids is 2. The highest BCUT2D eigenvalue weighted by Gasteiger charge is 2.30. The van der Waals surface area contributed by atoms with Crippen molar-refractivity contribution in [1.29, 1.82) is 0 Å². The lowest BCUT2D eigenvalue weighted by molar-refractivity contribution is -0.137. The Morgan fingerprint density at radius 2 is 2.00 bits per heavy atom. The van der Waals surface area contributed by atoms with Crippen LogP contribution in [0.25, 0.3) is 0 Å². The van der Waals surface area contributed by atoms with E-state index in [2.05, 4.69) is 15.6 Å². The molecule has 5 nitrogen and oxygen atoms in total. The monoisotopic (exact) mass is 355 g/mol. The number of ketones is 1. The molecule has 0 bridgehead atoms. The summed E-state index contributed by atoms with van der Waals surface area (Å²) in [6, 6.07) is 3.61. The third-order valence-corrected chi connectivity index (χ3v) is 4.49. The van der Waals surface area contributed by atoms with Crippen molar-refractivity contribution >= 4 is 34.0 Å². The molecule has 1 aliphatic carbocycles. The van der Waals surface area contributed by atoms with Crippen LogP contribution in [0.1, 0.15) is 33.8 Å². The van der Waals surface area contributed by atoms with Gasteiger partial charge in [0.25, 0.3) is 0 Å². The molecule has 0 aliphatic heterocycles. The molecule has 0 unspecified atom stereocenters. The first-order valence-corrected chi connectivity index (χ1v) is 7.93. The number of carbonyl (C=O) groups is 2. The first-order valence-electron chi connectivity index (χ1n) is 7.11. The Labute approximate surface area is 138 Å². The minimum absolute atomic E-state index is 0.0000801. The molecule has 24 heavy (non-hydrogen) atoms. The number of alkyl halides is 3. The topological polar surface area (TPSA) is 71.1 Å². The number of halogens is 3. The second-order valence-corrected chi connectivity index (χ2v) is 6.23. The highest BCUT2D eigenvalue weighted by Crippen LogP contribution is 2.31. The van der Waals surface area contributed by atoms with Crippen molar-refractivity contribution < 1.29 is 22.8 Å². The lowest BCUT2D eigenvalue weighted by Gasteiger charge is -2.09. The van der Waals surface area contributed by atoms with Crippen molar-refractivity contribution in [2.45, 2.75) is 25.4 Å². The molecular weight excluding hydrogens is 343 g/mol. The van der Waals surface area contributed by atoms with Gasteiger partial charge in [0.05, 0.1) is 16.1 Å². The summed E-state index contributed by atoms with van der Waals surface area (Å²) in [7, 11) is 0. The SMILES string of the molecule is O=C(Nc1cccc(C(F)(F)F)c1)Nc1nc2c(s1)C(=O)CCC2. The standard InChI is InChI=1S/C15H12F3N3O2S/c16-15(17,18)8-3-1-4-9(7-8)19-13(23)21-14-20-10-5-2-6-11(22)12(10)24-14/h1,3-4,7H,2,5-6H2,(H2,19,20,21,23). The molecule has 1 heterocycles. The first-order chi connectivity index (χ1) is 11.3. The zero-order chi connectivity index (χ0) is 17.3. The molecule has 0 saturated heterocycles. The molecule has 2 aromatic rings.